The maximum Gasteiger partial charge on any atom is 0.270 e. The van der Waals surface area contributed by atoms with Gasteiger partial charge in [0.1, 0.15) is 5.69 Å². The average Bonchev–Trinajstić information content (AvgIpc) is 3.30. The van der Waals surface area contributed by atoms with E-state index in [-0.39, 0.29) is 5.91 Å². The van der Waals surface area contributed by atoms with Gasteiger partial charge in [0, 0.05) is 44.7 Å². The SMILES string of the molecule is CCN(C)C(=O)c1cc2cc(-c3cc(-c4noc(C)n4)ccn3)ncc2n1C. The lowest BCUT2D eigenvalue weighted by atomic mass is 10.1. The number of nitrogens with zero attached hydrogens (tertiary/aromatic N) is 6. The van der Waals surface area contributed by atoms with E-state index in [9.17, 15) is 4.79 Å². The molecule has 0 aliphatic rings. The molecule has 0 aliphatic heterocycles. The highest BCUT2D eigenvalue weighted by Gasteiger charge is 2.17. The fourth-order valence-electron chi connectivity index (χ4n) is 3.04. The van der Waals surface area contributed by atoms with Crippen molar-refractivity contribution in [1.29, 1.82) is 0 Å². The second kappa shape index (κ2) is 6.88. The number of hydrogen-bond acceptors (Lipinski definition) is 6. The highest BCUT2D eigenvalue weighted by Crippen LogP contribution is 2.26. The third-order valence-electron chi connectivity index (χ3n) is 4.78. The maximum atomic E-state index is 12.6. The third kappa shape index (κ3) is 3.02. The molecule has 0 aliphatic carbocycles. The van der Waals surface area contributed by atoms with Crippen LogP contribution >= 0.6 is 0 Å². The number of pyridine rings is 2. The number of aromatic nitrogens is 5. The molecule has 4 aromatic rings. The van der Waals surface area contributed by atoms with Gasteiger partial charge in [-0.2, -0.15) is 4.98 Å². The van der Waals surface area contributed by atoms with Crippen LogP contribution in [0.1, 0.15) is 23.3 Å². The Morgan fingerprint density at radius 1 is 1.21 bits per heavy atom. The molecule has 8 heteroatoms. The predicted molar refractivity (Wildman–Crippen MR) is 105 cm³/mol. The number of carbonyl (C=O) groups excluding carboxylic acids is 1. The third-order valence-corrected chi connectivity index (χ3v) is 4.78. The van der Waals surface area contributed by atoms with Crippen molar-refractivity contribution in [2.75, 3.05) is 13.6 Å². The van der Waals surface area contributed by atoms with Crippen LogP contribution in [-0.4, -0.2) is 49.1 Å². The molecule has 0 saturated heterocycles. The van der Waals surface area contributed by atoms with Crippen LogP contribution in [0.25, 0.3) is 33.7 Å². The number of fused-ring (bicyclic) bond motifs is 1. The van der Waals surface area contributed by atoms with Crippen LogP contribution in [0.5, 0.6) is 0 Å². The minimum absolute atomic E-state index is 0.0182. The summed E-state index contributed by atoms with van der Waals surface area (Å²) in [5.74, 6) is 0.999. The van der Waals surface area contributed by atoms with E-state index in [0.29, 0.717) is 35.3 Å². The van der Waals surface area contributed by atoms with Crippen molar-refractivity contribution in [1.82, 2.24) is 29.6 Å². The van der Waals surface area contributed by atoms with E-state index in [2.05, 4.69) is 20.1 Å². The molecule has 0 saturated carbocycles. The molecule has 4 rings (SSSR count). The largest absolute Gasteiger partial charge is 0.341 e. The van der Waals surface area contributed by atoms with Gasteiger partial charge in [-0.15, -0.1) is 0 Å². The van der Waals surface area contributed by atoms with Crippen LogP contribution in [0.2, 0.25) is 0 Å². The van der Waals surface area contributed by atoms with E-state index in [1.807, 2.05) is 42.8 Å². The number of hydrogen-bond donors (Lipinski definition) is 0. The molecule has 0 radical (unpaired) electrons. The van der Waals surface area contributed by atoms with E-state index in [4.69, 9.17) is 4.52 Å². The van der Waals surface area contributed by atoms with Crippen LogP contribution in [0.4, 0.5) is 0 Å². The molecule has 0 N–H and O–H groups in total. The Labute approximate surface area is 161 Å². The van der Waals surface area contributed by atoms with Crippen molar-refractivity contribution in [2.24, 2.45) is 7.05 Å². The van der Waals surface area contributed by atoms with Gasteiger partial charge in [0.05, 0.1) is 23.1 Å². The van der Waals surface area contributed by atoms with Crippen LogP contribution < -0.4 is 0 Å². The zero-order valence-corrected chi connectivity index (χ0v) is 16.2. The monoisotopic (exact) mass is 376 g/mol. The Morgan fingerprint density at radius 2 is 2.00 bits per heavy atom. The van der Waals surface area contributed by atoms with E-state index in [1.54, 1.807) is 31.3 Å². The van der Waals surface area contributed by atoms with Gasteiger partial charge in [-0.05, 0) is 31.2 Å². The molecule has 0 fully saturated rings. The number of aryl methyl sites for hydroxylation is 2. The predicted octanol–water partition coefficient (Wildman–Crippen LogP) is 3.09. The Morgan fingerprint density at radius 3 is 2.71 bits per heavy atom. The van der Waals surface area contributed by atoms with Gasteiger partial charge in [0.15, 0.2) is 0 Å². The van der Waals surface area contributed by atoms with E-state index < -0.39 is 0 Å². The van der Waals surface area contributed by atoms with E-state index in [1.165, 1.54) is 0 Å². The summed E-state index contributed by atoms with van der Waals surface area (Å²) in [6.07, 6.45) is 3.46. The fourth-order valence-corrected chi connectivity index (χ4v) is 3.04. The molecule has 1 amide bonds. The molecule has 4 aromatic heterocycles. The van der Waals surface area contributed by atoms with Crippen molar-refractivity contribution in [3.8, 4) is 22.8 Å². The highest BCUT2D eigenvalue weighted by molar-refractivity contribution is 5.99. The van der Waals surface area contributed by atoms with Gasteiger partial charge in [-0.1, -0.05) is 5.16 Å². The summed E-state index contributed by atoms with van der Waals surface area (Å²) in [6.45, 7) is 4.35. The molecule has 8 nitrogen and oxygen atoms in total. The summed E-state index contributed by atoms with van der Waals surface area (Å²) in [6, 6.07) is 7.53. The van der Waals surface area contributed by atoms with Gasteiger partial charge < -0.3 is 14.0 Å². The van der Waals surface area contributed by atoms with Gasteiger partial charge in [0.2, 0.25) is 11.7 Å². The van der Waals surface area contributed by atoms with E-state index in [0.717, 1.165) is 16.5 Å². The van der Waals surface area contributed by atoms with Crippen LogP contribution in [0.15, 0.2) is 41.2 Å². The summed E-state index contributed by atoms with van der Waals surface area (Å²) in [7, 11) is 3.66. The zero-order chi connectivity index (χ0) is 19.8. The van der Waals surface area contributed by atoms with Gasteiger partial charge in [0.25, 0.3) is 5.91 Å². The molecule has 0 unspecified atom stereocenters. The first kappa shape index (κ1) is 17.8. The minimum atomic E-state index is -0.0182. The molecule has 0 spiro atoms. The lowest BCUT2D eigenvalue weighted by molar-refractivity contribution is 0.0793. The Balaban J connectivity index is 1.75. The molecule has 4 heterocycles. The average molecular weight is 376 g/mol. The first-order valence-corrected chi connectivity index (χ1v) is 8.96. The molecular formula is C20H20N6O2. The summed E-state index contributed by atoms with van der Waals surface area (Å²) in [4.78, 5) is 27.5. The summed E-state index contributed by atoms with van der Waals surface area (Å²) in [5, 5.41) is 4.88. The Bertz CT molecular complexity index is 1180. The molecule has 0 atom stereocenters. The van der Waals surface area contributed by atoms with Crippen LogP contribution in [0, 0.1) is 6.92 Å². The smallest absolute Gasteiger partial charge is 0.270 e. The van der Waals surface area contributed by atoms with Crippen molar-refractivity contribution in [3.63, 3.8) is 0 Å². The number of carbonyl (C=O) groups is 1. The highest BCUT2D eigenvalue weighted by atomic mass is 16.5. The van der Waals surface area contributed by atoms with Crippen molar-refractivity contribution in [2.45, 2.75) is 13.8 Å². The van der Waals surface area contributed by atoms with Crippen LogP contribution in [0.3, 0.4) is 0 Å². The van der Waals surface area contributed by atoms with E-state index >= 15 is 0 Å². The van der Waals surface area contributed by atoms with Crippen molar-refractivity contribution in [3.05, 3.63) is 48.2 Å². The second-order valence-corrected chi connectivity index (χ2v) is 6.60. The molecule has 142 valence electrons. The Kier molecular flexibility index (Phi) is 4.38. The van der Waals surface area contributed by atoms with Crippen LogP contribution in [-0.2, 0) is 7.05 Å². The number of rotatable bonds is 4. The lowest BCUT2D eigenvalue weighted by Crippen LogP contribution is -2.27. The molecule has 28 heavy (non-hydrogen) atoms. The maximum absolute atomic E-state index is 12.6. The fraction of sp³-hybridized carbons (Fsp3) is 0.250. The second-order valence-electron chi connectivity index (χ2n) is 6.60. The summed E-state index contributed by atoms with van der Waals surface area (Å²) < 4.78 is 6.92. The topological polar surface area (TPSA) is 89.9 Å². The molecule has 0 bridgehead atoms. The Hall–Kier alpha value is -3.55. The first-order chi connectivity index (χ1) is 13.5. The molecular weight excluding hydrogens is 356 g/mol. The molecule has 0 aromatic carbocycles. The zero-order valence-electron chi connectivity index (χ0n) is 16.2. The van der Waals surface area contributed by atoms with Gasteiger partial charge in [-0.3, -0.25) is 14.8 Å². The van der Waals surface area contributed by atoms with Crippen molar-refractivity contribution < 1.29 is 9.32 Å². The lowest BCUT2D eigenvalue weighted by Gasteiger charge is -2.14. The number of amides is 1. The van der Waals surface area contributed by atoms with Crippen molar-refractivity contribution >= 4 is 16.8 Å². The van der Waals surface area contributed by atoms with Gasteiger partial charge in [-0.25, -0.2) is 0 Å². The van der Waals surface area contributed by atoms with Gasteiger partial charge >= 0.3 is 0 Å². The summed E-state index contributed by atoms with van der Waals surface area (Å²) in [5.41, 5.74) is 3.73. The quantitative estimate of drug-likeness (QED) is 0.544. The summed E-state index contributed by atoms with van der Waals surface area (Å²) >= 11 is 0. The standard InChI is InChI=1S/C20H20N6O2/c1-5-25(3)20(27)17-10-14-9-16(22-11-18(14)26(17)4)15-8-13(6-7-21-15)19-23-12(2)28-24-19/h6-11H,5H2,1-4H3. The first-order valence-electron chi connectivity index (χ1n) is 8.96. The normalized spacial score (nSPS) is 11.1. The minimum Gasteiger partial charge on any atom is -0.341 e.